The lowest BCUT2D eigenvalue weighted by molar-refractivity contribution is 0.458. The molecule has 30 heavy (non-hydrogen) atoms. The maximum atomic E-state index is 14.7. The van der Waals surface area contributed by atoms with E-state index in [0.717, 1.165) is 22.6 Å². The van der Waals surface area contributed by atoms with E-state index in [0.29, 0.717) is 0 Å². The highest BCUT2D eigenvalue weighted by molar-refractivity contribution is 7.89. The fourth-order valence-electron chi connectivity index (χ4n) is 3.01. The summed E-state index contributed by atoms with van der Waals surface area (Å²) in [4.78, 5) is 8.00. The highest BCUT2D eigenvalue weighted by Gasteiger charge is 2.41. The highest BCUT2D eigenvalue weighted by atomic mass is 35.5. The van der Waals surface area contributed by atoms with Gasteiger partial charge in [-0.05, 0) is 36.8 Å². The molecule has 0 spiro atoms. The largest absolute Gasteiger partial charge is 0.369 e. The fourth-order valence-corrected chi connectivity index (χ4v) is 4.60. The quantitative estimate of drug-likeness (QED) is 0.770. The zero-order valence-electron chi connectivity index (χ0n) is 15.9. The second-order valence-electron chi connectivity index (χ2n) is 6.86. The Morgan fingerprint density at radius 1 is 1.43 bits per heavy atom. The van der Waals surface area contributed by atoms with Gasteiger partial charge in [-0.1, -0.05) is 17.7 Å². The summed E-state index contributed by atoms with van der Waals surface area (Å²) in [5.74, 6) is -2.27. The first-order valence-corrected chi connectivity index (χ1v) is 10.5. The molecule has 0 unspecified atom stereocenters. The van der Waals surface area contributed by atoms with Crippen LogP contribution in [0.1, 0.15) is 29.3 Å². The lowest BCUT2D eigenvalue weighted by Gasteiger charge is -2.34. The van der Waals surface area contributed by atoms with E-state index in [1.807, 2.05) is 6.07 Å². The summed E-state index contributed by atoms with van der Waals surface area (Å²) in [5, 5.41) is 9.10. The topological polar surface area (TPSA) is 112 Å². The van der Waals surface area contributed by atoms with Gasteiger partial charge in [0.05, 0.1) is 16.3 Å². The molecule has 1 aliphatic heterocycles. The third-order valence-electron chi connectivity index (χ3n) is 4.65. The summed E-state index contributed by atoms with van der Waals surface area (Å²) >= 11 is 5.80. The van der Waals surface area contributed by atoms with E-state index in [1.54, 1.807) is 0 Å². The number of hydrogen-bond donors (Lipinski definition) is 1. The van der Waals surface area contributed by atoms with E-state index in [2.05, 4.69) is 9.98 Å². The smallest absolute Gasteiger partial charge is 0.239 e. The summed E-state index contributed by atoms with van der Waals surface area (Å²) in [6.45, 7) is 1.44. The lowest BCUT2D eigenvalue weighted by atomic mass is 9.92. The van der Waals surface area contributed by atoms with E-state index in [1.165, 1.54) is 32.2 Å². The molecule has 11 heteroatoms. The molecule has 156 valence electrons. The molecule has 1 aromatic carbocycles. The van der Waals surface area contributed by atoms with Crippen LogP contribution < -0.4 is 5.73 Å². The molecule has 7 nitrogen and oxygen atoms in total. The minimum atomic E-state index is -3.81. The molecule has 0 aliphatic carbocycles. The van der Waals surface area contributed by atoms with Crippen molar-refractivity contribution in [3.8, 4) is 6.07 Å². The number of rotatable bonds is 3. The number of hydrogen-bond acceptors (Lipinski definition) is 6. The third-order valence-corrected chi connectivity index (χ3v) is 6.90. The normalized spacial score (nSPS) is 21.1. The van der Waals surface area contributed by atoms with Crippen LogP contribution >= 0.6 is 11.6 Å². The Bertz CT molecular complexity index is 1240. The van der Waals surface area contributed by atoms with Gasteiger partial charge in [-0.3, -0.25) is 4.98 Å². The van der Waals surface area contributed by atoms with E-state index < -0.39 is 33.0 Å². The van der Waals surface area contributed by atoms with Gasteiger partial charge in [0, 0.05) is 18.8 Å². The summed E-state index contributed by atoms with van der Waals surface area (Å²) in [6, 6.07) is 6.73. The van der Waals surface area contributed by atoms with Crippen LogP contribution in [0.3, 0.4) is 0 Å². The van der Waals surface area contributed by atoms with Crippen LogP contribution in [0.25, 0.3) is 11.9 Å². The molecule has 0 fully saturated rings. The summed E-state index contributed by atoms with van der Waals surface area (Å²) < 4.78 is 54.8. The Morgan fingerprint density at radius 3 is 2.77 bits per heavy atom. The molecule has 2 N–H and O–H groups in total. The van der Waals surface area contributed by atoms with Gasteiger partial charge >= 0.3 is 0 Å². The minimum absolute atomic E-state index is 0.0505. The Labute approximate surface area is 177 Å². The standard InChI is InChI=1S/C19H16ClF2N5O2S/c1-19(10-30(28,29)27(2)18(24)26-19)13-5-11(3-4-15(13)21)6-16(22)17-7-12(8-23)14(20)9-25-17/h3-7,9H,10H2,1-2H3,(H2,24,26)/b16-6-/t19-/m0/s1. The van der Waals surface area contributed by atoms with Crippen LogP contribution in [0.15, 0.2) is 35.5 Å². The number of sulfonamides is 1. The molecule has 0 saturated carbocycles. The van der Waals surface area contributed by atoms with Gasteiger partial charge in [0.15, 0.2) is 0 Å². The molecule has 0 amide bonds. The van der Waals surface area contributed by atoms with Crippen LogP contribution in [0, 0.1) is 17.1 Å². The summed E-state index contributed by atoms with van der Waals surface area (Å²) in [7, 11) is -2.55. The molecule has 0 radical (unpaired) electrons. The fraction of sp³-hybridized carbons (Fsp3) is 0.211. The predicted octanol–water partition coefficient (Wildman–Crippen LogP) is 3.02. The number of guanidine groups is 1. The Morgan fingerprint density at radius 2 is 2.13 bits per heavy atom. The highest BCUT2D eigenvalue weighted by Crippen LogP contribution is 2.34. The van der Waals surface area contributed by atoms with Gasteiger partial charge < -0.3 is 5.73 Å². The number of pyridine rings is 1. The first-order valence-electron chi connectivity index (χ1n) is 8.52. The second-order valence-corrected chi connectivity index (χ2v) is 9.27. The number of benzene rings is 1. The minimum Gasteiger partial charge on any atom is -0.369 e. The molecule has 2 heterocycles. The van der Waals surface area contributed by atoms with Crippen LogP contribution in [-0.2, 0) is 15.6 Å². The zero-order chi connectivity index (χ0) is 22.3. The van der Waals surface area contributed by atoms with Crippen LogP contribution in [0.2, 0.25) is 5.02 Å². The van der Waals surface area contributed by atoms with Crippen molar-refractivity contribution in [1.29, 1.82) is 5.26 Å². The number of aliphatic imine (C=N–C) groups is 1. The maximum absolute atomic E-state index is 14.7. The lowest BCUT2D eigenvalue weighted by Crippen LogP contribution is -2.50. The average molecular weight is 452 g/mol. The molecule has 1 atom stereocenters. The summed E-state index contributed by atoms with van der Waals surface area (Å²) in [6.07, 6.45) is 2.24. The monoisotopic (exact) mass is 451 g/mol. The van der Waals surface area contributed by atoms with Crippen LogP contribution in [0.4, 0.5) is 8.78 Å². The maximum Gasteiger partial charge on any atom is 0.239 e. The number of halogens is 3. The number of nitrogens with zero attached hydrogens (tertiary/aromatic N) is 4. The predicted molar refractivity (Wildman–Crippen MR) is 110 cm³/mol. The van der Waals surface area contributed by atoms with Crippen molar-refractivity contribution in [2.75, 3.05) is 12.8 Å². The molecular formula is C19H16ClF2N5O2S. The van der Waals surface area contributed by atoms with Gasteiger partial charge in [0.25, 0.3) is 0 Å². The Hall–Kier alpha value is -3.03. The molecular weight excluding hydrogens is 436 g/mol. The third kappa shape index (κ3) is 3.99. The molecule has 1 aliphatic rings. The molecule has 0 saturated heterocycles. The SMILES string of the molecule is CN1C(N)=N[C@](C)(c2cc(/C=C(\F)c3cc(C#N)c(Cl)cn3)ccc2F)CS1(=O)=O. The van der Waals surface area contributed by atoms with Gasteiger partial charge in [-0.25, -0.2) is 26.5 Å². The van der Waals surface area contributed by atoms with Gasteiger partial charge in [-0.2, -0.15) is 5.26 Å². The van der Waals surface area contributed by atoms with Crippen molar-refractivity contribution in [3.05, 3.63) is 63.7 Å². The Balaban J connectivity index is 2.06. The Kier molecular flexibility index (Phi) is 5.54. The van der Waals surface area contributed by atoms with Crippen molar-refractivity contribution in [2.24, 2.45) is 10.7 Å². The van der Waals surface area contributed by atoms with Crippen molar-refractivity contribution < 1.29 is 17.2 Å². The average Bonchev–Trinajstić information content (AvgIpc) is 2.67. The molecule has 2 aromatic rings. The summed E-state index contributed by atoms with van der Waals surface area (Å²) in [5.41, 5.74) is 4.33. The van der Waals surface area contributed by atoms with Crippen LogP contribution in [-0.4, -0.2) is 36.5 Å². The number of aromatic nitrogens is 1. The van der Waals surface area contributed by atoms with Crippen molar-refractivity contribution in [1.82, 2.24) is 9.29 Å². The van der Waals surface area contributed by atoms with E-state index in [9.17, 15) is 17.2 Å². The van der Waals surface area contributed by atoms with E-state index >= 15 is 0 Å². The van der Waals surface area contributed by atoms with Gasteiger partial charge in [0.1, 0.15) is 28.9 Å². The first-order chi connectivity index (χ1) is 14.0. The van der Waals surface area contributed by atoms with Crippen molar-refractivity contribution >= 4 is 39.5 Å². The zero-order valence-corrected chi connectivity index (χ0v) is 17.5. The van der Waals surface area contributed by atoms with Gasteiger partial charge in [0.2, 0.25) is 16.0 Å². The van der Waals surface area contributed by atoms with E-state index in [-0.39, 0.29) is 33.4 Å². The van der Waals surface area contributed by atoms with Crippen molar-refractivity contribution in [2.45, 2.75) is 12.5 Å². The first kappa shape index (κ1) is 21.7. The molecule has 3 rings (SSSR count). The molecule has 0 bridgehead atoms. The number of nitriles is 1. The van der Waals surface area contributed by atoms with Gasteiger partial charge in [-0.15, -0.1) is 0 Å². The molecule has 1 aromatic heterocycles. The second kappa shape index (κ2) is 7.66. The number of nitrogens with two attached hydrogens (primary N) is 1. The van der Waals surface area contributed by atoms with E-state index in [4.69, 9.17) is 22.6 Å². The van der Waals surface area contributed by atoms with Crippen LogP contribution in [0.5, 0.6) is 0 Å². The van der Waals surface area contributed by atoms with Crippen molar-refractivity contribution in [3.63, 3.8) is 0 Å².